The molecule has 1 N–H and O–H groups in total. The number of methoxy groups -OCH3 is 2. The molecule has 1 atom stereocenters. The predicted octanol–water partition coefficient (Wildman–Crippen LogP) is 7.13. The molecule has 2 heterocycles. The SMILES string of the molecule is COc1ccc([C@@H](CCCNC(=O)OCc2ccccc2)N2Cc3c(cccc3C3=CCN(C(=O)OC(C)(C)C)CC3)C2=O)cc1OC. The maximum absolute atomic E-state index is 14.1. The summed E-state index contributed by atoms with van der Waals surface area (Å²) in [6, 6.07) is 20.8. The average Bonchev–Trinajstić information content (AvgIpc) is 3.42. The number of rotatable bonds is 11. The van der Waals surface area contributed by atoms with Gasteiger partial charge in [-0.1, -0.05) is 54.6 Å². The summed E-state index contributed by atoms with van der Waals surface area (Å²) in [4.78, 5) is 42.7. The van der Waals surface area contributed by atoms with Crippen molar-refractivity contribution in [1.82, 2.24) is 15.1 Å². The second-order valence-corrected chi connectivity index (χ2v) is 12.9. The number of carbonyl (C=O) groups excluding carboxylic acids is 3. The summed E-state index contributed by atoms with van der Waals surface area (Å²) in [5, 5.41) is 2.84. The molecule has 10 nitrogen and oxygen atoms in total. The molecule has 0 fully saturated rings. The molecular weight excluding hydrogens is 610 g/mol. The summed E-state index contributed by atoms with van der Waals surface area (Å²) in [7, 11) is 3.18. The summed E-state index contributed by atoms with van der Waals surface area (Å²) in [6.07, 6.45) is 3.12. The van der Waals surface area contributed by atoms with Crippen LogP contribution in [0.25, 0.3) is 5.57 Å². The number of benzene rings is 3. The van der Waals surface area contributed by atoms with Gasteiger partial charge in [-0.25, -0.2) is 9.59 Å². The van der Waals surface area contributed by atoms with Gasteiger partial charge in [0.05, 0.1) is 20.3 Å². The number of nitrogens with zero attached hydrogens (tertiary/aromatic N) is 2. The molecule has 10 heteroatoms. The molecule has 0 spiro atoms. The van der Waals surface area contributed by atoms with Gasteiger partial charge in [-0.3, -0.25) is 4.79 Å². The van der Waals surface area contributed by atoms with Gasteiger partial charge in [0.1, 0.15) is 12.2 Å². The van der Waals surface area contributed by atoms with Gasteiger partial charge in [-0.15, -0.1) is 0 Å². The second kappa shape index (κ2) is 15.3. The smallest absolute Gasteiger partial charge is 0.410 e. The van der Waals surface area contributed by atoms with Crippen LogP contribution in [0.15, 0.2) is 72.8 Å². The maximum atomic E-state index is 14.1. The lowest BCUT2D eigenvalue weighted by Crippen LogP contribution is -2.39. The van der Waals surface area contributed by atoms with Gasteiger partial charge >= 0.3 is 12.2 Å². The van der Waals surface area contributed by atoms with Crippen LogP contribution in [0, 0.1) is 0 Å². The van der Waals surface area contributed by atoms with Crippen molar-refractivity contribution in [3.05, 3.63) is 101 Å². The first-order valence-corrected chi connectivity index (χ1v) is 16.3. The highest BCUT2D eigenvalue weighted by Crippen LogP contribution is 2.40. The molecule has 5 rings (SSSR count). The maximum Gasteiger partial charge on any atom is 0.410 e. The topological polar surface area (TPSA) is 107 Å². The van der Waals surface area contributed by atoms with Crippen LogP contribution in [-0.2, 0) is 22.6 Å². The Morgan fingerprint density at radius 3 is 2.38 bits per heavy atom. The molecule has 0 aromatic heterocycles. The zero-order valence-corrected chi connectivity index (χ0v) is 28.4. The second-order valence-electron chi connectivity index (χ2n) is 12.9. The Morgan fingerprint density at radius 2 is 1.69 bits per heavy atom. The molecule has 0 saturated carbocycles. The van der Waals surface area contributed by atoms with E-state index in [2.05, 4.69) is 17.5 Å². The Labute approximate surface area is 282 Å². The first-order valence-electron chi connectivity index (χ1n) is 16.3. The van der Waals surface area contributed by atoms with Crippen LogP contribution in [0.5, 0.6) is 11.5 Å². The highest BCUT2D eigenvalue weighted by Gasteiger charge is 2.36. The van der Waals surface area contributed by atoms with Gasteiger partial charge < -0.3 is 34.1 Å². The van der Waals surface area contributed by atoms with Crippen molar-refractivity contribution >= 4 is 23.7 Å². The van der Waals surface area contributed by atoms with E-state index in [1.54, 1.807) is 19.1 Å². The van der Waals surface area contributed by atoms with Gasteiger partial charge in [-0.05, 0) is 86.1 Å². The molecule has 0 aliphatic carbocycles. The van der Waals surface area contributed by atoms with Crippen LogP contribution < -0.4 is 14.8 Å². The molecule has 0 unspecified atom stereocenters. The fourth-order valence-corrected chi connectivity index (χ4v) is 6.14. The molecule has 0 bridgehead atoms. The van der Waals surface area contributed by atoms with E-state index in [4.69, 9.17) is 18.9 Å². The summed E-state index contributed by atoms with van der Waals surface area (Å²) in [6.45, 7) is 7.58. The fraction of sp³-hybridized carbons (Fsp3) is 0.395. The third kappa shape index (κ3) is 8.29. The number of ether oxygens (including phenoxy) is 4. The van der Waals surface area contributed by atoms with Gasteiger partial charge in [0.15, 0.2) is 11.5 Å². The van der Waals surface area contributed by atoms with E-state index < -0.39 is 11.7 Å². The number of nitrogens with one attached hydrogen (secondary N) is 1. The number of fused-ring (bicyclic) bond motifs is 1. The molecular formula is C38H45N3O7. The monoisotopic (exact) mass is 655 g/mol. The minimum absolute atomic E-state index is 0.0475. The van der Waals surface area contributed by atoms with Gasteiger partial charge in [0.2, 0.25) is 0 Å². The van der Waals surface area contributed by atoms with E-state index in [0.717, 1.165) is 27.8 Å². The Balaban J connectivity index is 1.31. The van der Waals surface area contributed by atoms with Crippen molar-refractivity contribution in [2.45, 2.75) is 64.8 Å². The third-order valence-corrected chi connectivity index (χ3v) is 8.51. The zero-order chi connectivity index (χ0) is 34.3. The van der Waals surface area contributed by atoms with E-state index in [0.29, 0.717) is 62.5 Å². The van der Waals surface area contributed by atoms with Crippen LogP contribution >= 0.6 is 0 Å². The van der Waals surface area contributed by atoms with Gasteiger partial charge in [-0.2, -0.15) is 0 Å². The molecule has 2 aliphatic heterocycles. The normalized spacial score (nSPS) is 14.9. The molecule has 48 heavy (non-hydrogen) atoms. The van der Waals surface area contributed by atoms with Gasteiger partial charge in [0, 0.05) is 31.7 Å². The van der Waals surface area contributed by atoms with Crippen molar-refractivity contribution < 1.29 is 33.3 Å². The van der Waals surface area contributed by atoms with Crippen LogP contribution in [0.2, 0.25) is 0 Å². The Hall–Kier alpha value is -4.99. The van der Waals surface area contributed by atoms with E-state index in [-0.39, 0.29) is 24.6 Å². The van der Waals surface area contributed by atoms with Crippen molar-refractivity contribution in [2.24, 2.45) is 0 Å². The number of alkyl carbamates (subject to hydrolysis) is 1. The standard InChI is InChI=1S/C38H45N3O7/c1-38(2,3)48-37(44)40-21-18-27(19-22-40)29-13-9-14-30-31(29)24-41(35(30)42)32(28-16-17-33(45-4)34(23-28)46-5)15-10-20-39-36(43)47-25-26-11-7-6-8-12-26/h6-9,11-14,16-18,23,32H,10,15,19-22,24-25H2,1-5H3,(H,39,43)/t32-/m1/s1. The minimum Gasteiger partial charge on any atom is -0.493 e. The van der Waals surface area contributed by atoms with Crippen molar-refractivity contribution in [3.63, 3.8) is 0 Å². The van der Waals surface area contributed by atoms with Crippen molar-refractivity contribution in [1.29, 1.82) is 0 Å². The van der Waals surface area contributed by atoms with Crippen LogP contribution in [0.3, 0.4) is 0 Å². The Bertz CT molecular complexity index is 1650. The lowest BCUT2D eigenvalue weighted by atomic mass is 9.93. The highest BCUT2D eigenvalue weighted by molar-refractivity contribution is 6.00. The number of hydrogen-bond donors (Lipinski definition) is 1. The van der Waals surface area contributed by atoms with E-state index >= 15 is 0 Å². The molecule has 2 aliphatic rings. The van der Waals surface area contributed by atoms with Crippen LogP contribution in [-0.4, -0.2) is 67.3 Å². The number of carbonyl (C=O) groups is 3. The summed E-state index contributed by atoms with van der Waals surface area (Å²) in [5.41, 5.74) is 5.06. The Morgan fingerprint density at radius 1 is 0.938 bits per heavy atom. The lowest BCUT2D eigenvalue weighted by Gasteiger charge is -2.30. The van der Waals surface area contributed by atoms with E-state index in [1.165, 1.54) is 0 Å². The van der Waals surface area contributed by atoms with Crippen molar-refractivity contribution in [3.8, 4) is 11.5 Å². The van der Waals surface area contributed by atoms with E-state index in [9.17, 15) is 14.4 Å². The minimum atomic E-state index is -0.558. The number of hydrogen-bond acceptors (Lipinski definition) is 7. The molecule has 0 saturated heterocycles. The van der Waals surface area contributed by atoms with Crippen LogP contribution in [0.4, 0.5) is 9.59 Å². The molecule has 254 valence electrons. The quantitative estimate of drug-likeness (QED) is 0.219. The summed E-state index contributed by atoms with van der Waals surface area (Å²) in [5.74, 6) is 1.13. The van der Waals surface area contributed by atoms with Crippen molar-refractivity contribution in [2.75, 3.05) is 33.9 Å². The van der Waals surface area contributed by atoms with Gasteiger partial charge in [0.25, 0.3) is 5.91 Å². The fourth-order valence-electron chi connectivity index (χ4n) is 6.14. The first kappa shape index (κ1) is 34.3. The third-order valence-electron chi connectivity index (χ3n) is 8.51. The highest BCUT2D eigenvalue weighted by atomic mass is 16.6. The molecule has 3 amide bonds. The predicted molar refractivity (Wildman–Crippen MR) is 183 cm³/mol. The zero-order valence-electron chi connectivity index (χ0n) is 28.4. The number of amides is 3. The van der Waals surface area contributed by atoms with Crippen LogP contribution in [0.1, 0.15) is 78.7 Å². The molecule has 0 radical (unpaired) electrons. The lowest BCUT2D eigenvalue weighted by molar-refractivity contribution is 0.0270. The summed E-state index contributed by atoms with van der Waals surface area (Å²) >= 11 is 0. The average molecular weight is 656 g/mol. The first-order chi connectivity index (χ1) is 23.1. The largest absolute Gasteiger partial charge is 0.493 e. The Kier molecular flexibility index (Phi) is 10.9. The molecule has 3 aromatic rings. The summed E-state index contributed by atoms with van der Waals surface area (Å²) < 4.78 is 22.0. The molecule has 3 aromatic carbocycles. The van der Waals surface area contributed by atoms with E-state index in [1.807, 2.05) is 86.3 Å².